The molecule has 1 fully saturated rings. The molecule has 1 rings (SSSR count). The maximum absolute atomic E-state index is 5.71. The molecule has 3 nitrogen and oxygen atoms in total. The number of likely N-dealkylation sites (N-methyl/N-ethyl adjacent to an activating group) is 1. The van der Waals surface area contributed by atoms with E-state index in [0.717, 1.165) is 26.2 Å². The lowest BCUT2D eigenvalue weighted by Crippen LogP contribution is -2.38. The van der Waals surface area contributed by atoms with Crippen molar-refractivity contribution in [2.75, 3.05) is 32.8 Å². The number of hydrogen-bond acceptors (Lipinski definition) is 3. The molecule has 0 radical (unpaired) electrons. The second-order valence-corrected chi connectivity index (χ2v) is 5.66. The minimum atomic E-state index is 0.486. The largest absolute Gasteiger partial charge is 0.377 e. The normalized spacial score (nSPS) is 22.6. The van der Waals surface area contributed by atoms with Crippen LogP contribution in [0.25, 0.3) is 0 Å². The Kier molecular flexibility index (Phi) is 7.09. The molecular weight excluding hydrogens is 212 g/mol. The Morgan fingerprint density at radius 3 is 2.65 bits per heavy atom. The summed E-state index contributed by atoms with van der Waals surface area (Å²) >= 11 is 0. The molecule has 0 amide bonds. The van der Waals surface area contributed by atoms with Crippen molar-refractivity contribution in [3.63, 3.8) is 0 Å². The summed E-state index contributed by atoms with van der Waals surface area (Å²) in [7, 11) is 0. The molecule has 3 heteroatoms. The zero-order valence-electron chi connectivity index (χ0n) is 12.0. The lowest BCUT2D eigenvalue weighted by Gasteiger charge is -2.27. The molecule has 0 saturated carbocycles. The highest BCUT2D eigenvalue weighted by Crippen LogP contribution is 2.14. The van der Waals surface area contributed by atoms with Gasteiger partial charge in [-0.25, -0.2) is 0 Å². The first-order chi connectivity index (χ1) is 8.11. The van der Waals surface area contributed by atoms with Gasteiger partial charge < -0.3 is 15.0 Å². The van der Waals surface area contributed by atoms with Gasteiger partial charge in [-0.05, 0) is 31.8 Å². The van der Waals surface area contributed by atoms with E-state index in [0.29, 0.717) is 18.1 Å². The van der Waals surface area contributed by atoms with Crippen molar-refractivity contribution in [2.24, 2.45) is 5.92 Å². The van der Waals surface area contributed by atoms with Crippen LogP contribution in [0.1, 0.15) is 40.5 Å². The van der Waals surface area contributed by atoms with Crippen molar-refractivity contribution in [2.45, 2.75) is 52.7 Å². The topological polar surface area (TPSA) is 24.5 Å². The molecule has 0 spiro atoms. The standard InChI is InChI=1S/C14H30N2O/c1-5-16(11-14-7-6-8-17-14)10-13(4)9-15-12(2)3/h12-15H,5-11H2,1-4H3. The molecule has 0 aromatic rings. The summed E-state index contributed by atoms with van der Waals surface area (Å²) in [5.41, 5.74) is 0. The van der Waals surface area contributed by atoms with Crippen LogP contribution in [0.15, 0.2) is 0 Å². The van der Waals surface area contributed by atoms with Gasteiger partial charge in [0.1, 0.15) is 0 Å². The van der Waals surface area contributed by atoms with Gasteiger partial charge in [-0.1, -0.05) is 27.7 Å². The Balaban J connectivity index is 2.20. The highest BCUT2D eigenvalue weighted by Gasteiger charge is 2.19. The smallest absolute Gasteiger partial charge is 0.0702 e. The van der Waals surface area contributed by atoms with Gasteiger partial charge in [0.15, 0.2) is 0 Å². The van der Waals surface area contributed by atoms with Gasteiger partial charge in [-0.15, -0.1) is 0 Å². The second kappa shape index (κ2) is 8.06. The number of nitrogens with one attached hydrogen (secondary N) is 1. The average molecular weight is 242 g/mol. The summed E-state index contributed by atoms with van der Waals surface area (Å²) < 4.78 is 5.71. The molecule has 1 heterocycles. The van der Waals surface area contributed by atoms with Crippen LogP contribution in [0.2, 0.25) is 0 Å². The fourth-order valence-electron chi connectivity index (χ4n) is 2.35. The lowest BCUT2D eigenvalue weighted by molar-refractivity contribution is 0.0702. The van der Waals surface area contributed by atoms with Gasteiger partial charge in [0.25, 0.3) is 0 Å². The highest BCUT2D eigenvalue weighted by atomic mass is 16.5. The van der Waals surface area contributed by atoms with Crippen molar-refractivity contribution in [1.29, 1.82) is 0 Å². The first-order valence-electron chi connectivity index (χ1n) is 7.19. The summed E-state index contributed by atoms with van der Waals surface area (Å²) in [4.78, 5) is 2.53. The predicted octanol–water partition coefficient (Wildman–Crippen LogP) is 2.12. The van der Waals surface area contributed by atoms with Gasteiger partial charge in [0.2, 0.25) is 0 Å². The van der Waals surface area contributed by atoms with Gasteiger partial charge >= 0.3 is 0 Å². The fraction of sp³-hybridized carbons (Fsp3) is 1.00. The predicted molar refractivity (Wildman–Crippen MR) is 73.4 cm³/mol. The Labute approximate surface area is 107 Å². The van der Waals surface area contributed by atoms with E-state index in [9.17, 15) is 0 Å². The maximum atomic E-state index is 5.71. The quantitative estimate of drug-likeness (QED) is 0.705. The summed E-state index contributed by atoms with van der Waals surface area (Å²) in [5, 5.41) is 3.51. The van der Waals surface area contributed by atoms with Gasteiger partial charge in [0.05, 0.1) is 6.10 Å². The van der Waals surface area contributed by atoms with E-state index in [-0.39, 0.29) is 0 Å². The van der Waals surface area contributed by atoms with Crippen molar-refractivity contribution in [3.05, 3.63) is 0 Å². The molecule has 1 aliphatic heterocycles. The summed E-state index contributed by atoms with van der Waals surface area (Å²) in [6.07, 6.45) is 2.97. The van der Waals surface area contributed by atoms with Gasteiger partial charge in [-0.3, -0.25) is 0 Å². The van der Waals surface area contributed by atoms with Gasteiger partial charge in [0, 0.05) is 25.7 Å². The molecule has 1 N–H and O–H groups in total. The molecule has 17 heavy (non-hydrogen) atoms. The highest BCUT2D eigenvalue weighted by molar-refractivity contribution is 4.72. The van der Waals surface area contributed by atoms with Gasteiger partial charge in [-0.2, -0.15) is 0 Å². The molecule has 1 aliphatic rings. The molecule has 102 valence electrons. The van der Waals surface area contributed by atoms with E-state index in [1.165, 1.54) is 19.4 Å². The third kappa shape index (κ3) is 6.39. The SMILES string of the molecule is CCN(CC(C)CNC(C)C)CC1CCCO1. The molecule has 2 unspecified atom stereocenters. The average Bonchev–Trinajstić information content (AvgIpc) is 2.78. The van der Waals surface area contributed by atoms with Crippen molar-refractivity contribution in [1.82, 2.24) is 10.2 Å². The Bertz CT molecular complexity index is 191. The van der Waals surface area contributed by atoms with Crippen LogP contribution in [-0.2, 0) is 4.74 Å². The third-order valence-corrected chi connectivity index (χ3v) is 3.38. The number of rotatable bonds is 8. The van der Waals surface area contributed by atoms with E-state index < -0.39 is 0 Å². The van der Waals surface area contributed by atoms with E-state index in [1.54, 1.807) is 0 Å². The lowest BCUT2D eigenvalue weighted by atomic mass is 10.1. The van der Waals surface area contributed by atoms with Crippen LogP contribution in [0.5, 0.6) is 0 Å². The number of hydrogen-bond donors (Lipinski definition) is 1. The Hall–Kier alpha value is -0.120. The first-order valence-corrected chi connectivity index (χ1v) is 7.19. The van der Waals surface area contributed by atoms with Crippen LogP contribution >= 0.6 is 0 Å². The third-order valence-electron chi connectivity index (χ3n) is 3.38. The van der Waals surface area contributed by atoms with Crippen LogP contribution in [-0.4, -0.2) is 49.8 Å². The van der Waals surface area contributed by atoms with Crippen molar-refractivity contribution < 1.29 is 4.74 Å². The molecule has 0 bridgehead atoms. The molecular formula is C14H30N2O. The minimum Gasteiger partial charge on any atom is -0.377 e. The Morgan fingerprint density at radius 2 is 2.12 bits per heavy atom. The minimum absolute atomic E-state index is 0.486. The zero-order chi connectivity index (χ0) is 12.7. The summed E-state index contributed by atoms with van der Waals surface area (Å²) in [6.45, 7) is 14.5. The maximum Gasteiger partial charge on any atom is 0.0702 e. The number of ether oxygens (including phenoxy) is 1. The van der Waals surface area contributed by atoms with Crippen LogP contribution < -0.4 is 5.32 Å². The van der Waals surface area contributed by atoms with Crippen LogP contribution in [0.4, 0.5) is 0 Å². The van der Waals surface area contributed by atoms with E-state index >= 15 is 0 Å². The van der Waals surface area contributed by atoms with E-state index in [2.05, 4.69) is 37.9 Å². The van der Waals surface area contributed by atoms with E-state index in [4.69, 9.17) is 4.74 Å². The van der Waals surface area contributed by atoms with E-state index in [1.807, 2.05) is 0 Å². The zero-order valence-corrected chi connectivity index (χ0v) is 12.0. The van der Waals surface area contributed by atoms with Crippen LogP contribution in [0, 0.1) is 5.92 Å². The molecule has 0 aromatic carbocycles. The van der Waals surface area contributed by atoms with Crippen molar-refractivity contribution in [3.8, 4) is 0 Å². The molecule has 2 atom stereocenters. The second-order valence-electron chi connectivity index (χ2n) is 5.66. The first kappa shape index (κ1) is 14.9. The number of nitrogens with zero attached hydrogens (tertiary/aromatic N) is 1. The summed E-state index contributed by atoms with van der Waals surface area (Å²) in [6, 6.07) is 0.589. The van der Waals surface area contributed by atoms with Crippen molar-refractivity contribution >= 4 is 0 Å². The Morgan fingerprint density at radius 1 is 1.35 bits per heavy atom. The monoisotopic (exact) mass is 242 g/mol. The molecule has 0 aliphatic carbocycles. The molecule has 1 saturated heterocycles. The summed E-state index contributed by atoms with van der Waals surface area (Å²) in [5.74, 6) is 0.707. The fourth-order valence-corrected chi connectivity index (χ4v) is 2.35. The van der Waals surface area contributed by atoms with Crippen LogP contribution in [0.3, 0.4) is 0 Å². The molecule has 0 aromatic heterocycles.